The molecule has 1 aliphatic heterocycles. The molecule has 2 fully saturated rings. The molecule has 7 nitrogen and oxygen atoms in total. The molecule has 7 heteroatoms. The van der Waals surface area contributed by atoms with E-state index in [4.69, 9.17) is 4.74 Å². The summed E-state index contributed by atoms with van der Waals surface area (Å²) in [5.74, 6) is 0.118. The minimum absolute atomic E-state index is 0.0688. The van der Waals surface area contributed by atoms with Crippen LogP contribution < -0.4 is 10.1 Å². The van der Waals surface area contributed by atoms with Gasteiger partial charge in [-0.05, 0) is 43.6 Å². The largest absolute Gasteiger partial charge is 0.497 e. The molecule has 0 spiro atoms. The van der Waals surface area contributed by atoms with E-state index in [0.717, 1.165) is 37.2 Å². The van der Waals surface area contributed by atoms with Gasteiger partial charge in [-0.15, -0.1) is 0 Å². The van der Waals surface area contributed by atoms with E-state index >= 15 is 0 Å². The lowest BCUT2D eigenvalue weighted by molar-refractivity contribution is -0.497. The van der Waals surface area contributed by atoms with Crippen molar-refractivity contribution in [3.05, 3.63) is 39.9 Å². The number of hydrogen-bond donors (Lipinski definition) is 1. The number of nitrogens with zero attached hydrogens (tertiary/aromatic N) is 2. The Balaban J connectivity index is 1.66. The van der Waals surface area contributed by atoms with Crippen LogP contribution in [0.5, 0.6) is 5.75 Å². The van der Waals surface area contributed by atoms with Crippen molar-refractivity contribution in [3.8, 4) is 5.75 Å². The van der Waals surface area contributed by atoms with Crippen molar-refractivity contribution in [3.63, 3.8) is 0 Å². The Morgan fingerprint density at radius 3 is 2.83 bits per heavy atom. The summed E-state index contributed by atoms with van der Waals surface area (Å²) in [6, 6.07) is 7.24. The van der Waals surface area contributed by atoms with E-state index in [1.54, 1.807) is 7.11 Å². The first kappa shape index (κ1) is 16.7. The van der Waals surface area contributed by atoms with Gasteiger partial charge in [0.2, 0.25) is 11.9 Å². The Hall–Kier alpha value is -2.15. The van der Waals surface area contributed by atoms with E-state index in [0.29, 0.717) is 13.0 Å². The van der Waals surface area contributed by atoms with Crippen LogP contribution in [0.1, 0.15) is 30.9 Å². The summed E-state index contributed by atoms with van der Waals surface area (Å²) >= 11 is 0. The molecule has 1 saturated carbocycles. The highest BCUT2D eigenvalue weighted by atomic mass is 16.6. The van der Waals surface area contributed by atoms with Crippen LogP contribution in [-0.2, 0) is 4.79 Å². The average Bonchev–Trinajstić information content (AvgIpc) is 3.23. The number of ether oxygens (including phenoxy) is 1. The van der Waals surface area contributed by atoms with E-state index in [1.165, 1.54) is 0 Å². The molecule has 130 valence electrons. The highest BCUT2D eigenvalue weighted by Gasteiger charge is 2.53. The molecule has 1 aliphatic carbocycles. The summed E-state index contributed by atoms with van der Waals surface area (Å²) in [7, 11) is 1.64. The maximum absolute atomic E-state index is 12.1. The molecule has 3 unspecified atom stereocenters. The number of methoxy groups -OCH3 is 1. The highest BCUT2D eigenvalue weighted by Crippen LogP contribution is 2.33. The molecular formula is C17H23N3O4. The van der Waals surface area contributed by atoms with Crippen LogP contribution >= 0.6 is 0 Å². The summed E-state index contributed by atoms with van der Waals surface area (Å²) < 4.78 is 5.30. The fourth-order valence-corrected chi connectivity index (χ4v) is 3.38. The number of nitro groups is 1. The molecule has 1 N–H and O–H groups in total. The van der Waals surface area contributed by atoms with Crippen LogP contribution in [0.25, 0.3) is 0 Å². The first-order chi connectivity index (χ1) is 11.6. The monoisotopic (exact) mass is 333 g/mol. The zero-order chi connectivity index (χ0) is 17.1. The number of nitrogens with one attached hydrogen (secondary N) is 1. The van der Waals surface area contributed by atoms with E-state index < -0.39 is 12.0 Å². The van der Waals surface area contributed by atoms with Crippen molar-refractivity contribution in [2.75, 3.05) is 26.7 Å². The van der Waals surface area contributed by atoms with Crippen LogP contribution in [0, 0.1) is 16.0 Å². The number of benzene rings is 1. The minimum Gasteiger partial charge on any atom is -0.497 e. The van der Waals surface area contributed by atoms with Gasteiger partial charge in [-0.1, -0.05) is 12.1 Å². The van der Waals surface area contributed by atoms with Crippen LogP contribution in [0.2, 0.25) is 0 Å². The number of likely N-dealkylation sites (tertiary alicyclic amines) is 1. The molecule has 3 atom stereocenters. The van der Waals surface area contributed by atoms with Crippen LogP contribution in [0.15, 0.2) is 24.3 Å². The number of rotatable bonds is 7. The van der Waals surface area contributed by atoms with Gasteiger partial charge < -0.3 is 10.1 Å². The van der Waals surface area contributed by atoms with Crippen molar-refractivity contribution < 1.29 is 14.5 Å². The second-order valence-corrected chi connectivity index (χ2v) is 6.48. The molecular weight excluding hydrogens is 310 g/mol. The Labute approximate surface area is 141 Å². The fourth-order valence-electron chi connectivity index (χ4n) is 3.38. The predicted octanol–water partition coefficient (Wildman–Crippen LogP) is 1.61. The van der Waals surface area contributed by atoms with Gasteiger partial charge in [0, 0.05) is 17.9 Å². The summed E-state index contributed by atoms with van der Waals surface area (Å²) in [6.07, 6.45) is 2.66. The predicted molar refractivity (Wildman–Crippen MR) is 88.4 cm³/mol. The third kappa shape index (κ3) is 3.67. The maximum atomic E-state index is 12.1. The van der Waals surface area contributed by atoms with Crippen LogP contribution in [-0.4, -0.2) is 48.5 Å². The molecule has 1 heterocycles. The van der Waals surface area contributed by atoms with Crippen molar-refractivity contribution in [1.82, 2.24) is 10.2 Å². The van der Waals surface area contributed by atoms with Crippen molar-refractivity contribution in [2.24, 2.45) is 5.92 Å². The Morgan fingerprint density at radius 1 is 1.46 bits per heavy atom. The second kappa shape index (κ2) is 7.17. The van der Waals surface area contributed by atoms with E-state index in [-0.39, 0.29) is 16.9 Å². The third-order valence-electron chi connectivity index (χ3n) is 4.89. The van der Waals surface area contributed by atoms with Gasteiger partial charge >= 0.3 is 0 Å². The molecule has 24 heavy (non-hydrogen) atoms. The SMILES string of the molecule is COc1cccc(C(CNC(=O)C2CC2[N+](=O)[O-])N2CCCC2)c1. The summed E-state index contributed by atoms with van der Waals surface area (Å²) in [6.45, 7) is 2.46. The normalized spacial score (nSPS) is 24.4. The molecule has 3 rings (SSSR count). The second-order valence-electron chi connectivity index (χ2n) is 6.48. The lowest BCUT2D eigenvalue weighted by atomic mass is 10.0. The summed E-state index contributed by atoms with van der Waals surface area (Å²) in [5, 5.41) is 13.6. The van der Waals surface area contributed by atoms with Gasteiger partial charge in [-0.25, -0.2) is 0 Å². The molecule has 1 aromatic rings. The smallest absolute Gasteiger partial charge is 0.230 e. The van der Waals surface area contributed by atoms with Crippen molar-refractivity contribution in [1.29, 1.82) is 0 Å². The zero-order valence-corrected chi connectivity index (χ0v) is 13.8. The van der Waals surface area contributed by atoms with Crippen LogP contribution in [0.4, 0.5) is 0 Å². The topological polar surface area (TPSA) is 84.7 Å². The number of carbonyl (C=O) groups excluding carboxylic acids is 1. The summed E-state index contributed by atoms with van der Waals surface area (Å²) in [4.78, 5) is 24.9. The van der Waals surface area contributed by atoms with Gasteiger partial charge in [0.15, 0.2) is 0 Å². The molecule has 0 radical (unpaired) electrons. The van der Waals surface area contributed by atoms with Gasteiger partial charge in [0.1, 0.15) is 11.7 Å². The highest BCUT2D eigenvalue weighted by molar-refractivity contribution is 5.82. The standard InChI is InChI=1S/C17H23N3O4/c1-24-13-6-4-5-12(9-13)16(19-7-2-3-8-19)11-18-17(21)14-10-15(14)20(22)23/h4-6,9,14-16H,2-3,7-8,10-11H2,1H3,(H,18,21). The molecule has 1 aromatic carbocycles. The average molecular weight is 333 g/mol. The van der Waals surface area contributed by atoms with Crippen molar-refractivity contribution >= 4 is 5.91 Å². The quantitative estimate of drug-likeness (QED) is 0.605. The van der Waals surface area contributed by atoms with E-state index in [1.807, 2.05) is 24.3 Å². The fraction of sp³-hybridized carbons (Fsp3) is 0.588. The number of hydrogen-bond acceptors (Lipinski definition) is 5. The molecule has 0 aromatic heterocycles. The number of amides is 1. The van der Waals surface area contributed by atoms with Gasteiger partial charge in [-0.2, -0.15) is 0 Å². The molecule has 0 bridgehead atoms. The van der Waals surface area contributed by atoms with Gasteiger partial charge in [0.05, 0.1) is 13.2 Å². The van der Waals surface area contributed by atoms with E-state index in [9.17, 15) is 14.9 Å². The van der Waals surface area contributed by atoms with E-state index in [2.05, 4.69) is 10.2 Å². The van der Waals surface area contributed by atoms with Crippen LogP contribution in [0.3, 0.4) is 0 Å². The lowest BCUT2D eigenvalue weighted by Gasteiger charge is -2.28. The first-order valence-electron chi connectivity index (χ1n) is 8.39. The molecule has 2 aliphatic rings. The summed E-state index contributed by atoms with van der Waals surface area (Å²) in [5.41, 5.74) is 1.10. The first-order valence-corrected chi connectivity index (χ1v) is 8.39. The maximum Gasteiger partial charge on any atom is 0.230 e. The van der Waals surface area contributed by atoms with Gasteiger partial charge in [0.25, 0.3) is 0 Å². The van der Waals surface area contributed by atoms with Crippen molar-refractivity contribution in [2.45, 2.75) is 31.3 Å². The minimum atomic E-state index is -0.702. The number of carbonyl (C=O) groups is 1. The Kier molecular flexibility index (Phi) is 4.99. The molecule has 1 saturated heterocycles. The Bertz CT molecular complexity index is 616. The van der Waals surface area contributed by atoms with Gasteiger partial charge in [-0.3, -0.25) is 19.8 Å². The lowest BCUT2D eigenvalue weighted by Crippen LogP contribution is -2.38. The third-order valence-corrected chi connectivity index (χ3v) is 4.89. The molecule has 1 amide bonds. The Morgan fingerprint density at radius 2 is 2.21 bits per heavy atom. The zero-order valence-electron chi connectivity index (χ0n) is 13.8.